The van der Waals surface area contributed by atoms with Crippen molar-refractivity contribution < 1.29 is 9.00 Å². The van der Waals surface area contributed by atoms with Gasteiger partial charge in [0.05, 0.1) is 10.8 Å². The van der Waals surface area contributed by atoms with Gasteiger partial charge < -0.3 is 0 Å². The SMILES string of the molecule is CC1C(=O)CCC1S(=O)c1ccccc1. The lowest BCUT2D eigenvalue weighted by molar-refractivity contribution is -0.120. The molecule has 80 valence electrons. The number of carbonyl (C=O) groups is 1. The third-order valence-corrected chi connectivity index (χ3v) is 4.92. The lowest BCUT2D eigenvalue weighted by Crippen LogP contribution is -2.21. The molecule has 1 fully saturated rings. The van der Waals surface area contributed by atoms with Crippen LogP contribution in [0, 0.1) is 5.92 Å². The fourth-order valence-electron chi connectivity index (χ4n) is 1.99. The van der Waals surface area contributed by atoms with Gasteiger partial charge >= 0.3 is 0 Å². The van der Waals surface area contributed by atoms with E-state index in [-0.39, 0.29) is 17.0 Å². The van der Waals surface area contributed by atoms with E-state index in [0.29, 0.717) is 6.42 Å². The smallest absolute Gasteiger partial charge is 0.136 e. The van der Waals surface area contributed by atoms with Crippen molar-refractivity contribution in [1.29, 1.82) is 0 Å². The fourth-order valence-corrected chi connectivity index (χ4v) is 3.62. The van der Waals surface area contributed by atoms with Gasteiger partial charge in [0, 0.05) is 22.5 Å². The van der Waals surface area contributed by atoms with Crippen LogP contribution < -0.4 is 0 Å². The molecule has 1 aromatic carbocycles. The fraction of sp³-hybridized carbons (Fsp3) is 0.417. The lowest BCUT2D eigenvalue weighted by Gasteiger charge is -2.13. The molecule has 0 N–H and O–H groups in total. The van der Waals surface area contributed by atoms with E-state index in [0.717, 1.165) is 11.3 Å². The molecular formula is C12H14O2S. The third-order valence-electron chi connectivity index (χ3n) is 2.99. The molecule has 0 aromatic heterocycles. The second-order valence-electron chi connectivity index (χ2n) is 3.94. The Morgan fingerprint density at radius 1 is 1.27 bits per heavy atom. The summed E-state index contributed by atoms with van der Waals surface area (Å²) in [6.07, 6.45) is 1.35. The van der Waals surface area contributed by atoms with Gasteiger partial charge in [0.25, 0.3) is 0 Å². The standard InChI is InChI=1S/C12H14O2S/c1-9-11(13)7-8-12(9)15(14)10-5-3-2-4-6-10/h2-6,9,12H,7-8H2,1H3. The number of carbonyl (C=O) groups excluding carboxylic acids is 1. The van der Waals surface area contributed by atoms with Crippen LogP contribution in [0.4, 0.5) is 0 Å². The highest BCUT2D eigenvalue weighted by atomic mass is 32.2. The normalized spacial score (nSPS) is 27.9. The van der Waals surface area contributed by atoms with Crippen LogP contribution in [-0.4, -0.2) is 15.2 Å². The summed E-state index contributed by atoms with van der Waals surface area (Å²) in [5.74, 6) is 0.204. The van der Waals surface area contributed by atoms with Crippen LogP contribution in [-0.2, 0) is 15.6 Å². The van der Waals surface area contributed by atoms with E-state index < -0.39 is 10.8 Å². The third kappa shape index (κ3) is 2.02. The van der Waals surface area contributed by atoms with Gasteiger partial charge in [-0.25, -0.2) is 0 Å². The highest BCUT2D eigenvalue weighted by Gasteiger charge is 2.35. The molecule has 0 spiro atoms. The van der Waals surface area contributed by atoms with E-state index in [1.807, 2.05) is 37.3 Å². The number of Topliss-reactive ketones (excluding diaryl/α,β-unsaturated/α-hetero) is 1. The first-order valence-electron chi connectivity index (χ1n) is 5.18. The minimum absolute atomic E-state index is 0.0138. The van der Waals surface area contributed by atoms with Gasteiger partial charge in [-0.2, -0.15) is 0 Å². The predicted molar refractivity (Wildman–Crippen MR) is 60.0 cm³/mol. The van der Waals surface area contributed by atoms with Gasteiger partial charge in [-0.3, -0.25) is 9.00 Å². The molecule has 1 aromatic rings. The number of hydrogen-bond acceptors (Lipinski definition) is 2. The Bertz CT molecular complexity index is 386. The Morgan fingerprint density at radius 2 is 1.93 bits per heavy atom. The predicted octanol–water partition coefficient (Wildman–Crippen LogP) is 2.16. The highest BCUT2D eigenvalue weighted by Crippen LogP contribution is 2.29. The van der Waals surface area contributed by atoms with Gasteiger partial charge in [0.15, 0.2) is 0 Å². The molecule has 3 heteroatoms. The first-order chi connectivity index (χ1) is 7.20. The van der Waals surface area contributed by atoms with E-state index in [1.165, 1.54) is 0 Å². The molecule has 0 radical (unpaired) electrons. The maximum absolute atomic E-state index is 12.2. The van der Waals surface area contributed by atoms with Gasteiger partial charge in [0.1, 0.15) is 5.78 Å². The van der Waals surface area contributed by atoms with Crippen molar-refractivity contribution in [3.8, 4) is 0 Å². The van der Waals surface area contributed by atoms with E-state index in [4.69, 9.17) is 0 Å². The number of ketones is 1. The molecule has 2 rings (SSSR count). The summed E-state index contributed by atoms with van der Waals surface area (Å²) >= 11 is 0. The molecule has 1 aliphatic carbocycles. The summed E-state index contributed by atoms with van der Waals surface area (Å²) in [6, 6.07) is 9.41. The molecule has 1 saturated carbocycles. The molecule has 1 aliphatic rings. The largest absolute Gasteiger partial charge is 0.299 e. The van der Waals surface area contributed by atoms with Crippen LogP contribution in [0.3, 0.4) is 0 Å². The molecule has 0 heterocycles. The Morgan fingerprint density at radius 3 is 2.47 bits per heavy atom. The van der Waals surface area contributed by atoms with Crippen LogP contribution in [0.5, 0.6) is 0 Å². The molecule has 2 nitrogen and oxygen atoms in total. The Labute approximate surface area is 92.2 Å². The van der Waals surface area contributed by atoms with Crippen molar-refractivity contribution in [3.63, 3.8) is 0 Å². The van der Waals surface area contributed by atoms with Crippen molar-refractivity contribution in [2.45, 2.75) is 29.9 Å². The van der Waals surface area contributed by atoms with Crippen molar-refractivity contribution in [2.24, 2.45) is 5.92 Å². The topological polar surface area (TPSA) is 34.1 Å². The molecular weight excluding hydrogens is 208 g/mol. The van der Waals surface area contributed by atoms with Crippen molar-refractivity contribution in [2.75, 3.05) is 0 Å². The van der Waals surface area contributed by atoms with Crippen molar-refractivity contribution >= 4 is 16.6 Å². The van der Waals surface area contributed by atoms with Gasteiger partial charge in [0.2, 0.25) is 0 Å². The maximum atomic E-state index is 12.2. The summed E-state index contributed by atoms with van der Waals surface area (Å²) in [7, 11) is -1.03. The maximum Gasteiger partial charge on any atom is 0.136 e. The molecule has 0 saturated heterocycles. The van der Waals surface area contributed by atoms with E-state index in [2.05, 4.69) is 0 Å². The quantitative estimate of drug-likeness (QED) is 0.768. The first-order valence-corrected chi connectivity index (χ1v) is 6.40. The average molecular weight is 222 g/mol. The summed E-state index contributed by atoms with van der Waals surface area (Å²) in [5.41, 5.74) is 0. The zero-order valence-electron chi connectivity index (χ0n) is 8.68. The summed E-state index contributed by atoms with van der Waals surface area (Å²) in [6.45, 7) is 1.89. The van der Waals surface area contributed by atoms with Crippen LogP contribution >= 0.6 is 0 Å². The first kappa shape index (κ1) is 10.6. The second-order valence-corrected chi connectivity index (χ2v) is 5.61. The Kier molecular flexibility index (Phi) is 3.00. The van der Waals surface area contributed by atoms with E-state index in [1.54, 1.807) is 0 Å². The molecule has 0 bridgehead atoms. The summed E-state index contributed by atoms with van der Waals surface area (Å²) < 4.78 is 12.2. The summed E-state index contributed by atoms with van der Waals surface area (Å²) in [5, 5.41) is 0.0138. The number of rotatable bonds is 2. The van der Waals surface area contributed by atoms with E-state index in [9.17, 15) is 9.00 Å². The van der Waals surface area contributed by atoms with Gasteiger partial charge in [-0.1, -0.05) is 25.1 Å². The average Bonchev–Trinajstić information content (AvgIpc) is 2.60. The number of hydrogen-bond donors (Lipinski definition) is 0. The van der Waals surface area contributed by atoms with Crippen LogP contribution in [0.1, 0.15) is 19.8 Å². The van der Waals surface area contributed by atoms with Crippen LogP contribution in [0.2, 0.25) is 0 Å². The van der Waals surface area contributed by atoms with E-state index >= 15 is 0 Å². The van der Waals surface area contributed by atoms with Gasteiger partial charge in [-0.15, -0.1) is 0 Å². The molecule has 0 amide bonds. The minimum atomic E-state index is -1.03. The lowest BCUT2D eigenvalue weighted by atomic mass is 10.1. The van der Waals surface area contributed by atoms with Crippen LogP contribution in [0.25, 0.3) is 0 Å². The van der Waals surface area contributed by atoms with Crippen molar-refractivity contribution in [1.82, 2.24) is 0 Å². The van der Waals surface area contributed by atoms with Crippen LogP contribution in [0.15, 0.2) is 35.2 Å². The minimum Gasteiger partial charge on any atom is -0.299 e. The molecule has 0 aliphatic heterocycles. The van der Waals surface area contributed by atoms with Crippen molar-refractivity contribution in [3.05, 3.63) is 30.3 Å². The molecule has 3 unspecified atom stereocenters. The zero-order chi connectivity index (χ0) is 10.8. The van der Waals surface area contributed by atoms with Gasteiger partial charge in [-0.05, 0) is 18.6 Å². The molecule has 3 atom stereocenters. The Balaban J connectivity index is 2.19. The monoisotopic (exact) mass is 222 g/mol. The Hall–Kier alpha value is -0.960. The zero-order valence-corrected chi connectivity index (χ0v) is 9.50. The second kappa shape index (κ2) is 4.27. The molecule has 15 heavy (non-hydrogen) atoms. The number of benzene rings is 1. The highest BCUT2D eigenvalue weighted by molar-refractivity contribution is 7.85. The summed E-state index contributed by atoms with van der Waals surface area (Å²) in [4.78, 5) is 12.2.